The van der Waals surface area contributed by atoms with E-state index in [2.05, 4.69) is 10.4 Å². The van der Waals surface area contributed by atoms with Gasteiger partial charge in [0, 0.05) is 6.42 Å². The lowest BCUT2D eigenvalue weighted by Gasteiger charge is -2.06. The Morgan fingerprint density at radius 3 is 2.89 bits per heavy atom. The summed E-state index contributed by atoms with van der Waals surface area (Å²) in [6.45, 7) is 1.91. The van der Waals surface area contributed by atoms with E-state index in [4.69, 9.17) is 10.6 Å². The summed E-state index contributed by atoms with van der Waals surface area (Å²) in [7, 11) is 0. The first kappa shape index (κ1) is 12.3. The Bertz CT molecular complexity index is 535. The summed E-state index contributed by atoms with van der Waals surface area (Å²) < 4.78 is 18.8. The van der Waals surface area contributed by atoms with Crippen molar-refractivity contribution < 1.29 is 9.13 Å². The van der Waals surface area contributed by atoms with Crippen molar-refractivity contribution in [1.82, 2.24) is 5.43 Å². The molecule has 0 fully saturated rings. The van der Waals surface area contributed by atoms with E-state index < -0.39 is 5.82 Å². The van der Waals surface area contributed by atoms with Gasteiger partial charge in [0.2, 0.25) is 0 Å². The van der Waals surface area contributed by atoms with Crippen molar-refractivity contribution in [3.05, 3.63) is 53.6 Å². The fourth-order valence-electron chi connectivity index (χ4n) is 1.51. The van der Waals surface area contributed by atoms with Crippen molar-refractivity contribution >= 4 is 5.90 Å². The minimum Gasteiger partial charge on any atom is -0.440 e. The lowest BCUT2D eigenvalue weighted by molar-refractivity contribution is 0.484. The van der Waals surface area contributed by atoms with E-state index in [0.29, 0.717) is 18.0 Å². The second-order valence-corrected chi connectivity index (χ2v) is 3.83. The molecule has 0 unspecified atom stereocenters. The summed E-state index contributed by atoms with van der Waals surface area (Å²) in [5.41, 5.74) is 4.22. The van der Waals surface area contributed by atoms with Crippen LogP contribution in [0.3, 0.4) is 0 Å². The van der Waals surface area contributed by atoms with E-state index >= 15 is 0 Å². The molecule has 0 saturated carbocycles. The van der Waals surface area contributed by atoms with E-state index in [1.165, 1.54) is 6.07 Å². The minimum absolute atomic E-state index is 0.167. The number of para-hydroxylation sites is 1. The number of allylic oxidation sites excluding steroid dienone is 1. The molecule has 0 spiro atoms. The Balaban J connectivity index is 2.19. The quantitative estimate of drug-likeness (QED) is 0.622. The van der Waals surface area contributed by atoms with E-state index in [1.807, 2.05) is 13.0 Å². The Kier molecular flexibility index (Phi) is 3.74. The number of hydrazine groups is 1. The van der Waals surface area contributed by atoms with E-state index in [0.717, 1.165) is 5.57 Å². The van der Waals surface area contributed by atoms with Gasteiger partial charge < -0.3 is 10.2 Å². The molecule has 1 heterocycles. The number of aliphatic imine (C=N–C) groups is 1. The number of ether oxygens (including phenoxy) is 1. The Morgan fingerprint density at radius 1 is 1.39 bits per heavy atom. The maximum Gasteiger partial charge on any atom is 0.198 e. The average molecular weight is 247 g/mol. The van der Waals surface area contributed by atoms with Crippen molar-refractivity contribution in [1.29, 1.82) is 0 Å². The van der Waals surface area contributed by atoms with Gasteiger partial charge in [0.15, 0.2) is 17.5 Å². The molecule has 1 aromatic rings. The third kappa shape index (κ3) is 2.75. The molecular weight excluding hydrogens is 233 g/mol. The molecular formula is C13H14FN3O. The van der Waals surface area contributed by atoms with Crippen molar-refractivity contribution in [2.75, 3.05) is 0 Å². The Hall–Kier alpha value is -2.14. The SMILES string of the molecule is CC1=CCC(Oc2ccccc2F)=NC=C1NN. The van der Waals surface area contributed by atoms with Gasteiger partial charge in [0.25, 0.3) is 0 Å². The molecule has 0 aromatic heterocycles. The van der Waals surface area contributed by atoms with Crippen molar-refractivity contribution in [2.24, 2.45) is 10.8 Å². The zero-order valence-corrected chi connectivity index (χ0v) is 9.98. The minimum atomic E-state index is -0.411. The van der Waals surface area contributed by atoms with Gasteiger partial charge in [-0.3, -0.25) is 5.84 Å². The van der Waals surface area contributed by atoms with Gasteiger partial charge in [-0.25, -0.2) is 9.38 Å². The number of nitrogens with two attached hydrogens (primary N) is 1. The molecule has 0 radical (unpaired) electrons. The lowest BCUT2D eigenvalue weighted by atomic mass is 10.2. The van der Waals surface area contributed by atoms with Gasteiger partial charge in [0.05, 0.1) is 11.9 Å². The van der Waals surface area contributed by atoms with Crippen LogP contribution in [-0.2, 0) is 0 Å². The van der Waals surface area contributed by atoms with Gasteiger partial charge >= 0.3 is 0 Å². The summed E-state index contributed by atoms with van der Waals surface area (Å²) in [5, 5.41) is 0. The Labute approximate surface area is 105 Å². The molecule has 18 heavy (non-hydrogen) atoms. The number of rotatable bonds is 2. The molecule has 1 aliphatic heterocycles. The predicted octanol–water partition coefficient (Wildman–Crippen LogP) is 2.26. The van der Waals surface area contributed by atoms with Crippen LogP contribution in [0.25, 0.3) is 0 Å². The third-order valence-electron chi connectivity index (χ3n) is 2.57. The van der Waals surface area contributed by atoms with Crippen LogP contribution >= 0.6 is 0 Å². The van der Waals surface area contributed by atoms with Gasteiger partial charge in [-0.1, -0.05) is 18.2 Å². The highest BCUT2D eigenvalue weighted by molar-refractivity contribution is 5.81. The monoisotopic (exact) mass is 247 g/mol. The maximum atomic E-state index is 13.4. The zero-order valence-electron chi connectivity index (χ0n) is 9.98. The van der Waals surface area contributed by atoms with Crippen LogP contribution in [0.1, 0.15) is 13.3 Å². The fourth-order valence-corrected chi connectivity index (χ4v) is 1.51. The van der Waals surface area contributed by atoms with Crippen molar-refractivity contribution in [3.63, 3.8) is 0 Å². The highest BCUT2D eigenvalue weighted by Gasteiger charge is 2.09. The highest BCUT2D eigenvalue weighted by Crippen LogP contribution is 2.18. The number of nitrogens with one attached hydrogen (secondary N) is 1. The average Bonchev–Trinajstić information content (AvgIpc) is 2.55. The molecule has 5 heteroatoms. The van der Waals surface area contributed by atoms with Crippen molar-refractivity contribution in [2.45, 2.75) is 13.3 Å². The second kappa shape index (κ2) is 5.46. The summed E-state index contributed by atoms with van der Waals surface area (Å²) in [5.74, 6) is 5.53. The lowest BCUT2D eigenvalue weighted by Crippen LogP contribution is -2.21. The second-order valence-electron chi connectivity index (χ2n) is 3.83. The maximum absolute atomic E-state index is 13.4. The molecule has 1 aromatic carbocycles. The summed E-state index contributed by atoms with van der Waals surface area (Å²) in [4.78, 5) is 4.13. The third-order valence-corrected chi connectivity index (χ3v) is 2.57. The Morgan fingerprint density at radius 2 is 2.17 bits per heavy atom. The zero-order chi connectivity index (χ0) is 13.0. The summed E-state index contributed by atoms with van der Waals surface area (Å²) in [6.07, 6.45) is 3.97. The largest absolute Gasteiger partial charge is 0.440 e. The molecule has 2 rings (SSSR count). The first-order chi connectivity index (χ1) is 8.70. The fraction of sp³-hybridized carbons (Fsp3) is 0.154. The molecule has 94 valence electrons. The first-order valence-electron chi connectivity index (χ1n) is 5.53. The number of halogens is 1. The smallest absolute Gasteiger partial charge is 0.198 e. The summed E-state index contributed by atoms with van der Waals surface area (Å²) in [6, 6.07) is 6.22. The van der Waals surface area contributed by atoms with Crippen LogP contribution in [0.15, 0.2) is 52.8 Å². The van der Waals surface area contributed by atoms with Gasteiger partial charge in [-0.05, 0) is 24.6 Å². The van der Waals surface area contributed by atoms with Crippen molar-refractivity contribution in [3.8, 4) is 5.75 Å². The van der Waals surface area contributed by atoms with Crippen LogP contribution in [-0.4, -0.2) is 5.90 Å². The van der Waals surface area contributed by atoms with Crippen LogP contribution < -0.4 is 16.0 Å². The molecule has 1 aliphatic rings. The van der Waals surface area contributed by atoms with Gasteiger partial charge in [0.1, 0.15) is 0 Å². The molecule has 0 saturated heterocycles. The number of hydrogen-bond donors (Lipinski definition) is 2. The predicted molar refractivity (Wildman–Crippen MR) is 68.2 cm³/mol. The number of benzene rings is 1. The topological polar surface area (TPSA) is 59.6 Å². The van der Waals surface area contributed by atoms with Crippen LogP contribution in [0.5, 0.6) is 5.75 Å². The molecule has 4 nitrogen and oxygen atoms in total. The van der Waals surface area contributed by atoms with Gasteiger partial charge in [-0.2, -0.15) is 0 Å². The molecule has 0 bridgehead atoms. The van der Waals surface area contributed by atoms with E-state index in [9.17, 15) is 4.39 Å². The standard InChI is InChI=1S/C13H14FN3O/c1-9-6-7-13(16-8-11(9)17-15)18-12-5-3-2-4-10(12)14/h2-6,8,17H,7,15H2,1H3. The highest BCUT2D eigenvalue weighted by atomic mass is 19.1. The molecule has 0 amide bonds. The summed E-state index contributed by atoms with van der Waals surface area (Å²) >= 11 is 0. The van der Waals surface area contributed by atoms with Crippen LogP contribution in [0.2, 0.25) is 0 Å². The van der Waals surface area contributed by atoms with Crippen LogP contribution in [0.4, 0.5) is 4.39 Å². The first-order valence-corrected chi connectivity index (χ1v) is 5.53. The molecule has 0 aliphatic carbocycles. The normalized spacial score (nSPS) is 15.2. The van der Waals surface area contributed by atoms with E-state index in [1.54, 1.807) is 24.4 Å². The van der Waals surface area contributed by atoms with Crippen LogP contribution in [0, 0.1) is 5.82 Å². The van der Waals surface area contributed by atoms with Gasteiger partial charge in [-0.15, -0.1) is 0 Å². The molecule has 0 atom stereocenters. The number of nitrogens with zero attached hydrogens (tertiary/aromatic N) is 1. The molecule has 3 N–H and O–H groups in total. The van der Waals surface area contributed by atoms with E-state index in [-0.39, 0.29) is 5.75 Å². The number of hydrogen-bond acceptors (Lipinski definition) is 4.